The van der Waals surface area contributed by atoms with Crippen LogP contribution in [0.1, 0.15) is 10.4 Å². The van der Waals surface area contributed by atoms with E-state index >= 15 is 0 Å². The van der Waals surface area contributed by atoms with Crippen molar-refractivity contribution in [2.45, 2.75) is 0 Å². The molecule has 1 heterocycles. The number of rotatable bonds is 2. The molecule has 0 aliphatic rings. The molecule has 0 spiro atoms. The first-order valence-electron chi connectivity index (χ1n) is 4.38. The second kappa shape index (κ2) is 3.57. The molecule has 0 atom stereocenters. The molecule has 0 fully saturated rings. The van der Waals surface area contributed by atoms with Crippen LogP contribution in [0.5, 0.6) is 5.75 Å². The summed E-state index contributed by atoms with van der Waals surface area (Å²) in [7, 11) is 1.52. The van der Waals surface area contributed by atoms with E-state index in [4.69, 9.17) is 9.84 Å². The Hall–Kier alpha value is -2.10. The molecule has 4 heteroatoms. The summed E-state index contributed by atoms with van der Waals surface area (Å²) >= 11 is 0. The maximum absolute atomic E-state index is 10.9. The first-order chi connectivity index (χ1) is 7.22. The van der Waals surface area contributed by atoms with Gasteiger partial charge < -0.3 is 9.84 Å². The molecule has 0 aliphatic carbocycles. The van der Waals surface area contributed by atoms with Gasteiger partial charge in [-0.3, -0.25) is 4.98 Å². The van der Waals surface area contributed by atoms with Crippen LogP contribution in [0.4, 0.5) is 0 Å². The number of methoxy groups -OCH3 is 1. The zero-order chi connectivity index (χ0) is 10.8. The minimum atomic E-state index is -0.962. The smallest absolute Gasteiger partial charge is 0.336 e. The van der Waals surface area contributed by atoms with Gasteiger partial charge in [0.2, 0.25) is 0 Å². The molecule has 0 aliphatic heterocycles. The molecular formula is C11H9NO3. The third kappa shape index (κ3) is 1.61. The average molecular weight is 203 g/mol. The Morgan fingerprint density at radius 3 is 2.93 bits per heavy atom. The van der Waals surface area contributed by atoms with Crippen LogP contribution in [0.3, 0.4) is 0 Å². The van der Waals surface area contributed by atoms with Gasteiger partial charge >= 0.3 is 5.97 Å². The van der Waals surface area contributed by atoms with Gasteiger partial charge in [-0.2, -0.15) is 0 Å². The molecule has 0 saturated carbocycles. The van der Waals surface area contributed by atoms with E-state index in [1.54, 1.807) is 30.5 Å². The van der Waals surface area contributed by atoms with Crippen molar-refractivity contribution >= 4 is 16.9 Å². The van der Waals surface area contributed by atoms with E-state index in [-0.39, 0.29) is 5.56 Å². The van der Waals surface area contributed by atoms with Crippen molar-refractivity contribution < 1.29 is 14.6 Å². The number of nitrogens with zero attached hydrogens (tertiary/aromatic N) is 1. The van der Waals surface area contributed by atoms with Gasteiger partial charge in [-0.15, -0.1) is 0 Å². The van der Waals surface area contributed by atoms with Gasteiger partial charge in [0.05, 0.1) is 24.4 Å². The molecule has 0 saturated heterocycles. The summed E-state index contributed by atoms with van der Waals surface area (Å²) in [5, 5.41) is 9.57. The summed E-state index contributed by atoms with van der Waals surface area (Å²) in [6.45, 7) is 0. The SMILES string of the molecule is COc1cnc2cccc(C(=O)O)c2c1. The average Bonchev–Trinajstić information content (AvgIpc) is 2.27. The summed E-state index contributed by atoms with van der Waals surface area (Å²) in [6, 6.07) is 6.66. The Labute approximate surface area is 86.1 Å². The topological polar surface area (TPSA) is 59.4 Å². The molecular weight excluding hydrogens is 194 g/mol. The quantitative estimate of drug-likeness (QED) is 0.810. The van der Waals surface area contributed by atoms with Crippen LogP contribution < -0.4 is 4.74 Å². The number of carboxylic acids is 1. The molecule has 1 aromatic carbocycles. The van der Waals surface area contributed by atoms with Crippen molar-refractivity contribution in [1.29, 1.82) is 0 Å². The van der Waals surface area contributed by atoms with E-state index in [0.29, 0.717) is 16.7 Å². The fraction of sp³-hybridized carbons (Fsp3) is 0.0909. The third-order valence-electron chi connectivity index (χ3n) is 2.17. The highest BCUT2D eigenvalue weighted by atomic mass is 16.5. The lowest BCUT2D eigenvalue weighted by Crippen LogP contribution is -1.98. The van der Waals surface area contributed by atoms with Crippen LogP contribution in [0, 0.1) is 0 Å². The van der Waals surface area contributed by atoms with Gasteiger partial charge in [-0.25, -0.2) is 4.79 Å². The van der Waals surface area contributed by atoms with E-state index in [9.17, 15) is 4.79 Å². The maximum Gasteiger partial charge on any atom is 0.336 e. The number of hydrogen-bond donors (Lipinski definition) is 1. The molecule has 2 rings (SSSR count). The Balaban J connectivity index is 2.76. The lowest BCUT2D eigenvalue weighted by molar-refractivity contribution is 0.0699. The molecule has 1 aromatic heterocycles. The van der Waals surface area contributed by atoms with Gasteiger partial charge in [-0.1, -0.05) is 6.07 Å². The minimum Gasteiger partial charge on any atom is -0.495 e. The van der Waals surface area contributed by atoms with Crippen LogP contribution in [-0.4, -0.2) is 23.2 Å². The summed E-state index contributed by atoms with van der Waals surface area (Å²) in [6.07, 6.45) is 1.56. The molecule has 0 amide bonds. The van der Waals surface area contributed by atoms with Crippen LogP contribution in [-0.2, 0) is 0 Å². The van der Waals surface area contributed by atoms with E-state index < -0.39 is 5.97 Å². The minimum absolute atomic E-state index is 0.235. The Morgan fingerprint density at radius 2 is 2.27 bits per heavy atom. The third-order valence-corrected chi connectivity index (χ3v) is 2.17. The first-order valence-corrected chi connectivity index (χ1v) is 4.38. The Kier molecular flexibility index (Phi) is 2.25. The summed E-state index contributed by atoms with van der Waals surface area (Å²) < 4.78 is 5.00. The van der Waals surface area contributed by atoms with Crippen molar-refractivity contribution in [2.75, 3.05) is 7.11 Å². The lowest BCUT2D eigenvalue weighted by Gasteiger charge is -2.04. The van der Waals surface area contributed by atoms with E-state index in [2.05, 4.69) is 4.98 Å². The normalized spacial score (nSPS) is 10.2. The Bertz CT molecular complexity index is 522. The van der Waals surface area contributed by atoms with Crippen molar-refractivity contribution in [3.63, 3.8) is 0 Å². The van der Waals surface area contributed by atoms with Crippen LogP contribution in [0.25, 0.3) is 10.9 Å². The molecule has 0 bridgehead atoms. The summed E-state index contributed by atoms with van der Waals surface area (Å²) in [4.78, 5) is 15.1. The molecule has 0 unspecified atom stereocenters. The second-order valence-corrected chi connectivity index (χ2v) is 3.05. The number of hydrogen-bond acceptors (Lipinski definition) is 3. The van der Waals surface area contributed by atoms with Crippen LogP contribution >= 0.6 is 0 Å². The number of carbonyl (C=O) groups is 1. The maximum atomic E-state index is 10.9. The molecule has 15 heavy (non-hydrogen) atoms. The molecule has 0 radical (unpaired) electrons. The number of ether oxygens (including phenoxy) is 1. The van der Waals surface area contributed by atoms with Gasteiger partial charge in [0.15, 0.2) is 0 Å². The first kappa shape index (κ1) is 9.45. The molecule has 2 aromatic rings. The molecule has 4 nitrogen and oxygen atoms in total. The standard InChI is InChI=1S/C11H9NO3/c1-15-7-5-9-8(11(13)14)3-2-4-10(9)12-6-7/h2-6H,1H3,(H,13,14). The highest BCUT2D eigenvalue weighted by Gasteiger charge is 2.09. The predicted octanol–water partition coefficient (Wildman–Crippen LogP) is 1.94. The molecule has 1 N–H and O–H groups in total. The fourth-order valence-corrected chi connectivity index (χ4v) is 1.43. The van der Waals surface area contributed by atoms with Crippen molar-refractivity contribution in [2.24, 2.45) is 0 Å². The monoisotopic (exact) mass is 203 g/mol. The molecule has 76 valence electrons. The van der Waals surface area contributed by atoms with E-state index in [1.165, 1.54) is 7.11 Å². The van der Waals surface area contributed by atoms with Crippen molar-refractivity contribution in [3.8, 4) is 5.75 Å². The van der Waals surface area contributed by atoms with Crippen LogP contribution in [0.15, 0.2) is 30.5 Å². The number of aromatic carboxylic acids is 1. The second-order valence-electron chi connectivity index (χ2n) is 3.05. The number of benzene rings is 1. The largest absolute Gasteiger partial charge is 0.495 e. The summed E-state index contributed by atoms with van der Waals surface area (Å²) in [5.74, 6) is -0.410. The van der Waals surface area contributed by atoms with Gasteiger partial charge in [0.25, 0.3) is 0 Å². The van der Waals surface area contributed by atoms with Gasteiger partial charge in [0.1, 0.15) is 5.75 Å². The van der Waals surface area contributed by atoms with Crippen LogP contribution in [0.2, 0.25) is 0 Å². The summed E-state index contributed by atoms with van der Waals surface area (Å²) in [5.41, 5.74) is 0.884. The van der Waals surface area contributed by atoms with Crippen molar-refractivity contribution in [1.82, 2.24) is 4.98 Å². The van der Waals surface area contributed by atoms with E-state index in [0.717, 1.165) is 0 Å². The highest BCUT2D eigenvalue weighted by Crippen LogP contribution is 2.21. The highest BCUT2D eigenvalue weighted by molar-refractivity contribution is 6.02. The number of fused-ring (bicyclic) bond motifs is 1. The zero-order valence-electron chi connectivity index (χ0n) is 8.10. The zero-order valence-corrected chi connectivity index (χ0v) is 8.10. The lowest BCUT2D eigenvalue weighted by atomic mass is 10.1. The number of pyridine rings is 1. The number of aromatic nitrogens is 1. The van der Waals surface area contributed by atoms with Gasteiger partial charge in [0, 0.05) is 5.39 Å². The number of carboxylic acid groups (broad SMARTS) is 1. The van der Waals surface area contributed by atoms with Crippen molar-refractivity contribution in [3.05, 3.63) is 36.0 Å². The Morgan fingerprint density at radius 1 is 1.47 bits per heavy atom. The predicted molar refractivity (Wildman–Crippen MR) is 55.3 cm³/mol. The fourth-order valence-electron chi connectivity index (χ4n) is 1.43. The van der Waals surface area contributed by atoms with E-state index in [1.807, 2.05) is 0 Å². The van der Waals surface area contributed by atoms with Gasteiger partial charge in [-0.05, 0) is 18.2 Å².